The van der Waals surface area contributed by atoms with E-state index in [0.717, 1.165) is 0 Å². The summed E-state index contributed by atoms with van der Waals surface area (Å²) >= 11 is 0. The number of Topliss-reactive ketones (excluding diaryl/α,β-unsaturated/α-hetero) is 1. The second-order valence-corrected chi connectivity index (χ2v) is 4.43. The maximum atomic E-state index is 11.9. The number of aromatic amines is 1. The van der Waals surface area contributed by atoms with E-state index in [4.69, 9.17) is 9.47 Å². The zero-order valence-electron chi connectivity index (χ0n) is 11.9. The molecule has 0 radical (unpaired) electrons. The first-order chi connectivity index (χ1) is 10.0. The van der Waals surface area contributed by atoms with Gasteiger partial charge in [-0.05, 0) is 17.7 Å². The summed E-state index contributed by atoms with van der Waals surface area (Å²) in [7, 11) is 4.18. The van der Waals surface area contributed by atoms with Crippen LogP contribution in [0, 0.1) is 0 Å². The molecule has 1 aliphatic rings. The molecule has 1 aromatic heterocycles. The van der Waals surface area contributed by atoms with Gasteiger partial charge in [-0.1, -0.05) is 0 Å². The summed E-state index contributed by atoms with van der Waals surface area (Å²) in [6.07, 6.45) is 0.962. The molecular weight excluding hydrogens is 278 g/mol. The Morgan fingerprint density at radius 2 is 1.90 bits per heavy atom. The molecule has 0 atom stereocenters. The molecule has 0 aromatic carbocycles. The van der Waals surface area contributed by atoms with Crippen LogP contribution in [0.4, 0.5) is 0 Å². The van der Waals surface area contributed by atoms with Crippen LogP contribution < -0.4 is 0 Å². The average molecular weight is 293 g/mol. The first-order valence-electron chi connectivity index (χ1n) is 6.18. The monoisotopic (exact) mass is 293 g/mol. The normalized spacial score (nSPS) is 14.2. The van der Waals surface area contributed by atoms with Gasteiger partial charge >= 0.3 is 5.97 Å². The first-order valence-corrected chi connectivity index (χ1v) is 6.18. The Morgan fingerprint density at radius 1 is 1.24 bits per heavy atom. The number of allylic oxidation sites excluding steroid dienone is 1. The Bertz CT molecular complexity index is 623. The Balaban J connectivity index is 2.43. The number of hydrogen-bond acceptors (Lipinski definition) is 6. The Hall–Kier alpha value is -2.25. The summed E-state index contributed by atoms with van der Waals surface area (Å²) < 4.78 is 14.8. The molecule has 1 heterocycles. The molecule has 0 unspecified atom stereocenters. The molecule has 7 heteroatoms. The molecule has 1 N–H and O–H groups in total. The average Bonchev–Trinajstić information content (AvgIpc) is 2.94. The number of H-pyrrole nitrogens is 1. The number of aromatic nitrogens is 1. The van der Waals surface area contributed by atoms with Crippen LogP contribution in [-0.2, 0) is 19.0 Å². The second-order valence-electron chi connectivity index (χ2n) is 4.43. The van der Waals surface area contributed by atoms with Crippen LogP contribution in [0.2, 0.25) is 0 Å². The smallest absolute Gasteiger partial charge is 0.354 e. The van der Waals surface area contributed by atoms with Crippen molar-refractivity contribution in [3.05, 3.63) is 29.1 Å². The van der Waals surface area contributed by atoms with E-state index in [2.05, 4.69) is 9.72 Å². The predicted octanol–water partition coefficient (Wildman–Crippen LogP) is 0.959. The largest absolute Gasteiger partial charge is 0.464 e. The van der Waals surface area contributed by atoms with Crippen molar-refractivity contribution >= 4 is 23.1 Å². The maximum Gasteiger partial charge on any atom is 0.354 e. The zero-order chi connectivity index (χ0) is 15.6. The lowest BCUT2D eigenvalue weighted by Gasteiger charge is -2.17. The van der Waals surface area contributed by atoms with E-state index in [1.807, 2.05) is 0 Å². The number of methoxy groups -OCH3 is 3. The summed E-state index contributed by atoms with van der Waals surface area (Å²) in [5, 5.41) is 0. The van der Waals surface area contributed by atoms with Crippen LogP contribution in [0.25, 0.3) is 5.57 Å². The third-order valence-electron chi connectivity index (χ3n) is 3.24. The van der Waals surface area contributed by atoms with Crippen molar-refractivity contribution in [3.63, 3.8) is 0 Å². The predicted molar refractivity (Wildman–Crippen MR) is 71.9 cm³/mol. The molecule has 0 amide bonds. The highest BCUT2D eigenvalue weighted by Crippen LogP contribution is 2.30. The van der Waals surface area contributed by atoms with Gasteiger partial charge in [0.15, 0.2) is 6.29 Å². The quantitative estimate of drug-likeness (QED) is 0.493. The van der Waals surface area contributed by atoms with Gasteiger partial charge in [0.1, 0.15) is 5.69 Å². The molecule has 0 fully saturated rings. The lowest BCUT2D eigenvalue weighted by atomic mass is 9.92. The SMILES string of the molecule is COC(=O)c1cc2c([nH]1)C(=O)C(=O)C=C2CC(OC)OC. The minimum Gasteiger partial charge on any atom is -0.464 e. The highest BCUT2D eigenvalue weighted by molar-refractivity contribution is 6.50. The van der Waals surface area contributed by atoms with E-state index in [1.54, 1.807) is 0 Å². The van der Waals surface area contributed by atoms with Crippen LogP contribution in [0.15, 0.2) is 12.1 Å². The van der Waals surface area contributed by atoms with Gasteiger partial charge < -0.3 is 19.2 Å². The van der Waals surface area contributed by atoms with Crippen LogP contribution in [0.5, 0.6) is 0 Å². The number of carbonyl (C=O) groups excluding carboxylic acids is 3. The molecule has 0 bridgehead atoms. The molecule has 0 aliphatic heterocycles. The summed E-state index contributed by atoms with van der Waals surface area (Å²) in [4.78, 5) is 37.8. The number of nitrogens with one attached hydrogen (secondary N) is 1. The highest BCUT2D eigenvalue weighted by atomic mass is 16.7. The lowest BCUT2D eigenvalue weighted by Crippen LogP contribution is -2.21. The van der Waals surface area contributed by atoms with E-state index < -0.39 is 23.8 Å². The van der Waals surface area contributed by atoms with Crippen molar-refractivity contribution in [1.29, 1.82) is 0 Å². The van der Waals surface area contributed by atoms with E-state index in [0.29, 0.717) is 11.1 Å². The van der Waals surface area contributed by atoms with Crippen molar-refractivity contribution in [2.45, 2.75) is 12.7 Å². The Morgan fingerprint density at radius 3 is 2.48 bits per heavy atom. The minimum absolute atomic E-state index is 0.0869. The van der Waals surface area contributed by atoms with Gasteiger partial charge in [-0.2, -0.15) is 0 Å². The Labute approximate surface area is 120 Å². The molecule has 1 aliphatic carbocycles. The summed E-state index contributed by atoms with van der Waals surface area (Å²) in [6, 6.07) is 1.49. The molecule has 0 saturated heterocycles. The fraction of sp³-hybridized carbons (Fsp3) is 0.357. The van der Waals surface area contributed by atoms with Gasteiger partial charge in [-0.3, -0.25) is 9.59 Å². The number of carbonyl (C=O) groups is 3. The van der Waals surface area contributed by atoms with Crippen molar-refractivity contribution < 1.29 is 28.6 Å². The van der Waals surface area contributed by atoms with Crippen LogP contribution in [-0.4, -0.2) is 50.1 Å². The summed E-state index contributed by atoms with van der Waals surface area (Å²) in [5.41, 5.74) is 1.25. The van der Waals surface area contributed by atoms with Gasteiger partial charge in [0.2, 0.25) is 11.6 Å². The molecule has 7 nitrogen and oxygen atoms in total. The molecule has 0 spiro atoms. The molecular formula is C14H15NO6. The molecule has 112 valence electrons. The number of rotatable bonds is 5. The summed E-state index contributed by atoms with van der Waals surface area (Å²) in [6.45, 7) is 0. The number of esters is 1. The van der Waals surface area contributed by atoms with Crippen LogP contribution in [0.1, 0.15) is 33.0 Å². The van der Waals surface area contributed by atoms with Crippen molar-refractivity contribution in [2.24, 2.45) is 0 Å². The number of hydrogen-bond donors (Lipinski definition) is 1. The molecule has 2 rings (SSSR count). The van der Waals surface area contributed by atoms with Gasteiger partial charge in [0, 0.05) is 26.2 Å². The third-order valence-corrected chi connectivity index (χ3v) is 3.24. The second kappa shape index (κ2) is 6.02. The van der Waals surface area contributed by atoms with E-state index >= 15 is 0 Å². The standard InChI is InChI=1S/C14H15NO6/c1-19-11(20-2)5-7-4-10(16)13(17)12-8(7)6-9(15-12)14(18)21-3/h4,6,11,15H,5H2,1-3H3. The fourth-order valence-electron chi connectivity index (χ4n) is 2.14. The maximum absolute atomic E-state index is 11.9. The number of fused-ring (bicyclic) bond motifs is 1. The molecule has 0 saturated carbocycles. The lowest BCUT2D eigenvalue weighted by molar-refractivity contribution is -0.111. The van der Waals surface area contributed by atoms with Gasteiger partial charge in [-0.15, -0.1) is 0 Å². The highest BCUT2D eigenvalue weighted by Gasteiger charge is 2.30. The zero-order valence-corrected chi connectivity index (χ0v) is 11.9. The van der Waals surface area contributed by atoms with Crippen LogP contribution >= 0.6 is 0 Å². The topological polar surface area (TPSA) is 94.7 Å². The van der Waals surface area contributed by atoms with E-state index in [9.17, 15) is 14.4 Å². The van der Waals surface area contributed by atoms with E-state index in [-0.39, 0.29) is 17.8 Å². The molecule has 1 aromatic rings. The van der Waals surface area contributed by atoms with Crippen molar-refractivity contribution in [1.82, 2.24) is 4.98 Å². The van der Waals surface area contributed by atoms with Gasteiger partial charge in [-0.25, -0.2) is 4.79 Å². The number of ether oxygens (including phenoxy) is 3. The Kier molecular flexibility index (Phi) is 4.35. The molecule has 21 heavy (non-hydrogen) atoms. The minimum atomic E-state index is -0.685. The van der Waals surface area contributed by atoms with Crippen LogP contribution in [0.3, 0.4) is 0 Å². The van der Waals surface area contributed by atoms with Gasteiger partial charge in [0.25, 0.3) is 0 Å². The van der Waals surface area contributed by atoms with Gasteiger partial charge in [0.05, 0.1) is 12.8 Å². The fourth-order valence-corrected chi connectivity index (χ4v) is 2.14. The van der Waals surface area contributed by atoms with Crippen molar-refractivity contribution in [2.75, 3.05) is 21.3 Å². The third kappa shape index (κ3) is 2.79. The summed E-state index contributed by atoms with van der Waals surface area (Å²) in [5.74, 6) is -1.95. The number of ketones is 2. The van der Waals surface area contributed by atoms with E-state index in [1.165, 1.54) is 33.5 Å². The van der Waals surface area contributed by atoms with Crippen molar-refractivity contribution in [3.8, 4) is 0 Å². The first kappa shape index (κ1) is 15.1.